The van der Waals surface area contributed by atoms with Crippen LogP contribution in [0.1, 0.15) is 5.76 Å². The van der Waals surface area contributed by atoms with E-state index in [0.717, 1.165) is 16.0 Å². The van der Waals surface area contributed by atoms with Crippen LogP contribution in [0.2, 0.25) is 0 Å². The van der Waals surface area contributed by atoms with E-state index in [1.54, 1.807) is 17.6 Å². The van der Waals surface area contributed by atoms with Crippen LogP contribution in [0, 0.1) is 0 Å². The van der Waals surface area contributed by atoms with Gasteiger partial charge in [0.1, 0.15) is 16.4 Å². The number of nitrogen functional groups attached to an aromatic ring is 1. The van der Waals surface area contributed by atoms with E-state index >= 15 is 0 Å². The first-order chi connectivity index (χ1) is 8.33. The Labute approximate surface area is 106 Å². The summed E-state index contributed by atoms with van der Waals surface area (Å²) in [5, 5.41) is 3.59. The summed E-state index contributed by atoms with van der Waals surface area (Å²) in [6.07, 6.45) is 1.66. The Bertz CT molecular complexity index is 633. The predicted molar refractivity (Wildman–Crippen MR) is 70.1 cm³/mol. The van der Waals surface area contributed by atoms with Gasteiger partial charge in [-0.1, -0.05) is 11.8 Å². The molecule has 0 radical (unpaired) electrons. The zero-order valence-electron chi connectivity index (χ0n) is 8.79. The van der Waals surface area contributed by atoms with E-state index in [4.69, 9.17) is 10.2 Å². The van der Waals surface area contributed by atoms with Gasteiger partial charge in [-0.25, -0.2) is 9.97 Å². The highest BCUT2D eigenvalue weighted by atomic mass is 32.2. The van der Waals surface area contributed by atoms with E-state index in [9.17, 15) is 0 Å². The number of hydrogen-bond donors (Lipinski definition) is 1. The quantitative estimate of drug-likeness (QED) is 0.581. The molecule has 3 aromatic heterocycles. The summed E-state index contributed by atoms with van der Waals surface area (Å²) < 4.78 is 5.25. The summed E-state index contributed by atoms with van der Waals surface area (Å²) in [5.41, 5.74) is 5.87. The molecule has 17 heavy (non-hydrogen) atoms. The van der Waals surface area contributed by atoms with Gasteiger partial charge < -0.3 is 10.2 Å². The number of rotatable bonds is 3. The van der Waals surface area contributed by atoms with Gasteiger partial charge in [0.15, 0.2) is 5.16 Å². The average molecular weight is 263 g/mol. The fraction of sp³-hybridized carbons (Fsp3) is 0.0909. The average Bonchev–Trinajstić information content (AvgIpc) is 2.97. The van der Waals surface area contributed by atoms with E-state index in [-0.39, 0.29) is 0 Å². The maximum absolute atomic E-state index is 5.87. The molecule has 0 amide bonds. The lowest BCUT2D eigenvalue weighted by Crippen LogP contribution is -1.95. The highest BCUT2D eigenvalue weighted by Crippen LogP contribution is 2.27. The van der Waals surface area contributed by atoms with Gasteiger partial charge in [0, 0.05) is 0 Å². The molecule has 0 aromatic carbocycles. The molecule has 0 aliphatic heterocycles. The van der Waals surface area contributed by atoms with Gasteiger partial charge in [0.05, 0.1) is 17.4 Å². The Hall–Kier alpha value is -1.53. The van der Waals surface area contributed by atoms with Crippen molar-refractivity contribution in [2.75, 3.05) is 5.73 Å². The van der Waals surface area contributed by atoms with E-state index in [0.29, 0.717) is 16.7 Å². The Kier molecular flexibility index (Phi) is 2.74. The van der Waals surface area contributed by atoms with Crippen molar-refractivity contribution in [1.82, 2.24) is 9.97 Å². The van der Waals surface area contributed by atoms with Crippen LogP contribution in [0.25, 0.3) is 10.2 Å². The molecule has 86 valence electrons. The van der Waals surface area contributed by atoms with E-state index in [2.05, 4.69) is 9.97 Å². The van der Waals surface area contributed by atoms with E-state index in [1.165, 1.54) is 11.8 Å². The van der Waals surface area contributed by atoms with Crippen LogP contribution >= 0.6 is 23.1 Å². The number of thioether (sulfide) groups is 1. The minimum atomic E-state index is 0.540. The smallest absolute Gasteiger partial charge is 0.191 e. The van der Waals surface area contributed by atoms with E-state index in [1.807, 2.05) is 23.6 Å². The first kappa shape index (κ1) is 10.6. The molecule has 3 heterocycles. The van der Waals surface area contributed by atoms with Crippen LogP contribution < -0.4 is 5.73 Å². The van der Waals surface area contributed by atoms with Gasteiger partial charge >= 0.3 is 0 Å². The van der Waals surface area contributed by atoms with Gasteiger partial charge in [0.25, 0.3) is 0 Å². The number of furan rings is 1. The van der Waals surface area contributed by atoms with Crippen LogP contribution in [-0.2, 0) is 5.75 Å². The van der Waals surface area contributed by atoms with Gasteiger partial charge in [-0.2, -0.15) is 0 Å². The molecule has 4 nitrogen and oxygen atoms in total. The summed E-state index contributed by atoms with van der Waals surface area (Å²) in [7, 11) is 0. The number of hydrogen-bond acceptors (Lipinski definition) is 6. The molecule has 0 unspecified atom stereocenters. The van der Waals surface area contributed by atoms with Crippen molar-refractivity contribution in [3.8, 4) is 0 Å². The number of nitrogens with zero attached hydrogens (tertiary/aromatic N) is 2. The molecule has 3 aromatic rings. The molecular weight excluding hydrogens is 254 g/mol. The summed E-state index contributed by atoms with van der Waals surface area (Å²) in [4.78, 5) is 9.64. The summed E-state index contributed by atoms with van der Waals surface area (Å²) in [6.45, 7) is 0. The number of fused-ring (bicyclic) bond motifs is 1. The normalized spacial score (nSPS) is 11.1. The van der Waals surface area contributed by atoms with Crippen molar-refractivity contribution in [3.05, 3.63) is 35.6 Å². The van der Waals surface area contributed by atoms with Crippen LogP contribution in [0.15, 0.2) is 39.4 Å². The Morgan fingerprint density at radius 1 is 1.35 bits per heavy atom. The molecular formula is C11H9N3OS2. The van der Waals surface area contributed by atoms with Gasteiger partial charge in [-0.3, -0.25) is 0 Å². The summed E-state index contributed by atoms with van der Waals surface area (Å²) in [5.74, 6) is 2.16. The minimum Gasteiger partial charge on any atom is -0.468 e. The van der Waals surface area contributed by atoms with Crippen molar-refractivity contribution in [2.24, 2.45) is 0 Å². The van der Waals surface area contributed by atoms with Crippen LogP contribution in [0.3, 0.4) is 0 Å². The number of aromatic nitrogens is 2. The van der Waals surface area contributed by atoms with Crippen molar-refractivity contribution < 1.29 is 4.42 Å². The number of nitrogens with two attached hydrogens (primary N) is 1. The fourth-order valence-corrected chi connectivity index (χ4v) is 3.04. The molecule has 0 atom stereocenters. The number of anilines is 1. The molecule has 0 aliphatic rings. The minimum absolute atomic E-state index is 0.540. The lowest BCUT2D eigenvalue weighted by molar-refractivity contribution is 0.530. The molecule has 0 saturated carbocycles. The zero-order chi connectivity index (χ0) is 11.7. The standard InChI is InChI=1S/C11H9N3OS2/c12-9-8-3-5-16-10(8)14-11(13-9)17-6-7-2-1-4-15-7/h1-5H,6H2,(H2,12,13,14). The second-order valence-corrected chi connectivity index (χ2v) is 5.24. The SMILES string of the molecule is Nc1nc(SCc2ccco2)nc2sccc12. The maximum atomic E-state index is 5.87. The monoisotopic (exact) mass is 263 g/mol. The Morgan fingerprint density at radius 2 is 2.29 bits per heavy atom. The second kappa shape index (κ2) is 4.38. The first-order valence-corrected chi connectivity index (χ1v) is 6.85. The third kappa shape index (κ3) is 2.13. The molecule has 0 bridgehead atoms. The van der Waals surface area contributed by atoms with Crippen molar-refractivity contribution in [3.63, 3.8) is 0 Å². The molecule has 3 rings (SSSR count). The number of thiophene rings is 1. The predicted octanol–water partition coefficient (Wildman–Crippen LogP) is 3.16. The molecule has 0 saturated heterocycles. The highest BCUT2D eigenvalue weighted by Gasteiger charge is 2.07. The van der Waals surface area contributed by atoms with Crippen LogP contribution in [0.5, 0.6) is 0 Å². The molecule has 6 heteroatoms. The Balaban J connectivity index is 1.85. The molecule has 0 fully saturated rings. The fourth-order valence-electron chi connectivity index (χ4n) is 1.45. The summed E-state index contributed by atoms with van der Waals surface area (Å²) in [6, 6.07) is 5.74. The van der Waals surface area contributed by atoms with Gasteiger partial charge in [-0.15, -0.1) is 11.3 Å². The molecule has 0 spiro atoms. The third-order valence-electron chi connectivity index (χ3n) is 2.26. The van der Waals surface area contributed by atoms with E-state index < -0.39 is 0 Å². The lowest BCUT2D eigenvalue weighted by atomic mass is 10.4. The van der Waals surface area contributed by atoms with Crippen molar-refractivity contribution in [2.45, 2.75) is 10.9 Å². The summed E-state index contributed by atoms with van der Waals surface area (Å²) >= 11 is 3.09. The van der Waals surface area contributed by atoms with Crippen LogP contribution in [0.4, 0.5) is 5.82 Å². The lowest BCUT2D eigenvalue weighted by Gasteiger charge is -2.00. The second-order valence-electron chi connectivity index (χ2n) is 3.40. The third-order valence-corrected chi connectivity index (χ3v) is 3.93. The molecule has 2 N–H and O–H groups in total. The first-order valence-electron chi connectivity index (χ1n) is 4.99. The van der Waals surface area contributed by atoms with Gasteiger partial charge in [0.2, 0.25) is 0 Å². The maximum Gasteiger partial charge on any atom is 0.191 e. The highest BCUT2D eigenvalue weighted by molar-refractivity contribution is 7.98. The topological polar surface area (TPSA) is 64.9 Å². The van der Waals surface area contributed by atoms with Gasteiger partial charge in [-0.05, 0) is 23.6 Å². The largest absolute Gasteiger partial charge is 0.468 e. The van der Waals surface area contributed by atoms with Crippen LogP contribution in [-0.4, -0.2) is 9.97 Å². The van der Waals surface area contributed by atoms with Crippen molar-refractivity contribution >= 4 is 39.1 Å². The Morgan fingerprint density at radius 3 is 3.12 bits per heavy atom. The zero-order valence-corrected chi connectivity index (χ0v) is 10.4. The molecule has 0 aliphatic carbocycles. The van der Waals surface area contributed by atoms with Crippen molar-refractivity contribution in [1.29, 1.82) is 0 Å².